The molecule has 3 heterocycles. The molecule has 110 valence electrons. The van der Waals surface area contributed by atoms with E-state index in [9.17, 15) is 4.79 Å². The van der Waals surface area contributed by atoms with E-state index in [0.29, 0.717) is 12.3 Å². The van der Waals surface area contributed by atoms with Crippen molar-refractivity contribution in [3.05, 3.63) is 48.0 Å². The van der Waals surface area contributed by atoms with Gasteiger partial charge < -0.3 is 14.6 Å². The Morgan fingerprint density at radius 1 is 1.24 bits per heavy atom. The molecule has 0 radical (unpaired) electrons. The van der Waals surface area contributed by atoms with Gasteiger partial charge in [-0.3, -0.25) is 4.79 Å². The maximum atomic E-state index is 11.8. The Morgan fingerprint density at radius 2 is 2.10 bits per heavy atom. The van der Waals surface area contributed by atoms with Crippen LogP contribution in [0.1, 0.15) is 35.4 Å². The lowest BCUT2D eigenvalue weighted by molar-refractivity contribution is 0.0923. The number of piperidine rings is 1. The summed E-state index contributed by atoms with van der Waals surface area (Å²) in [6, 6.07) is 7.38. The highest BCUT2D eigenvalue weighted by atomic mass is 16.3. The Labute approximate surface area is 124 Å². The van der Waals surface area contributed by atoms with Gasteiger partial charge >= 0.3 is 0 Å². The van der Waals surface area contributed by atoms with Gasteiger partial charge in [-0.05, 0) is 43.0 Å². The van der Waals surface area contributed by atoms with Crippen molar-refractivity contribution in [1.82, 2.24) is 10.3 Å². The number of carbonyl (C=O) groups excluding carboxylic acids is 1. The fraction of sp³-hybridized carbons (Fsp3) is 0.375. The molecule has 0 bridgehead atoms. The van der Waals surface area contributed by atoms with Crippen molar-refractivity contribution in [3.63, 3.8) is 0 Å². The molecular weight excluding hydrogens is 266 g/mol. The first-order chi connectivity index (χ1) is 10.3. The minimum Gasteiger partial charge on any atom is -0.459 e. The summed E-state index contributed by atoms with van der Waals surface area (Å²) < 4.78 is 5.05. The molecule has 0 unspecified atom stereocenters. The summed E-state index contributed by atoms with van der Waals surface area (Å²) in [4.78, 5) is 18.6. The van der Waals surface area contributed by atoms with Gasteiger partial charge in [-0.1, -0.05) is 6.07 Å². The lowest BCUT2D eigenvalue weighted by atomic mass is 10.1. The van der Waals surface area contributed by atoms with Crippen LogP contribution in [0.3, 0.4) is 0 Å². The molecule has 21 heavy (non-hydrogen) atoms. The molecule has 1 aliphatic heterocycles. The van der Waals surface area contributed by atoms with Crippen molar-refractivity contribution in [2.24, 2.45) is 0 Å². The van der Waals surface area contributed by atoms with Crippen LogP contribution in [0.4, 0.5) is 5.82 Å². The predicted molar refractivity (Wildman–Crippen MR) is 80.2 cm³/mol. The minimum absolute atomic E-state index is 0.208. The summed E-state index contributed by atoms with van der Waals surface area (Å²) in [7, 11) is 0. The van der Waals surface area contributed by atoms with Crippen LogP contribution < -0.4 is 10.2 Å². The van der Waals surface area contributed by atoms with E-state index in [-0.39, 0.29) is 5.91 Å². The summed E-state index contributed by atoms with van der Waals surface area (Å²) in [6.07, 6.45) is 7.11. The van der Waals surface area contributed by atoms with Gasteiger partial charge in [0.25, 0.3) is 5.91 Å². The summed E-state index contributed by atoms with van der Waals surface area (Å²) in [6.45, 7) is 2.62. The van der Waals surface area contributed by atoms with Crippen LogP contribution in [0.25, 0.3) is 0 Å². The largest absolute Gasteiger partial charge is 0.459 e. The summed E-state index contributed by atoms with van der Waals surface area (Å²) in [5.41, 5.74) is 0.982. The summed E-state index contributed by atoms with van der Waals surface area (Å²) >= 11 is 0. The van der Waals surface area contributed by atoms with Gasteiger partial charge in [0.2, 0.25) is 0 Å². The second-order valence-electron chi connectivity index (χ2n) is 5.23. The van der Waals surface area contributed by atoms with Gasteiger partial charge in [0.05, 0.1) is 6.26 Å². The van der Waals surface area contributed by atoms with Crippen LogP contribution in [0.15, 0.2) is 41.1 Å². The lowest BCUT2D eigenvalue weighted by Crippen LogP contribution is -2.30. The van der Waals surface area contributed by atoms with Gasteiger partial charge in [0, 0.05) is 25.8 Å². The van der Waals surface area contributed by atoms with E-state index < -0.39 is 0 Å². The molecule has 3 rings (SSSR count). The van der Waals surface area contributed by atoms with E-state index in [1.165, 1.54) is 25.5 Å². The Hall–Kier alpha value is -2.30. The van der Waals surface area contributed by atoms with Crippen molar-refractivity contribution in [2.45, 2.75) is 25.8 Å². The Morgan fingerprint density at radius 3 is 2.76 bits per heavy atom. The van der Waals surface area contributed by atoms with Crippen LogP contribution in [0.5, 0.6) is 0 Å². The zero-order chi connectivity index (χ0) is 14.5. The zero-order valence-electron chi connectivity index (χ0n) is 11.9. The van der Waals surface area contributed by atoms with E-state index in [1.54, 1.807) is 12.1 Å². The molecule has 1 N–H and O–H groups in total. The average molecular weight is 285 g/mol. The first-order valence-electron chi connectivity index (χ1n) is 7.34. The second kappa shape index (κ2) is 6.43. The molecule has 2 aromatic rings. The molecule has 0 aromatic carbocycles. The van der Waals surface area contributed by atoms with Crippen molar-refractivity contribution < 1.29 is 9.21 Å². The first kappa shape index (κ1) is 13.7. The molecule has 1 aliphatic rings. The molecule has 5 heteroatoms. The van der Waals surface area contributed by atoms with Gasteiger partial charge in [-0.25, -0.2) is 4.98 Å². The van der Waals surface area contributed by atoms with Crippen molar-refractivity contribution in [2.75, 3.05) is 18.0 Å². The molecule has 0 aliphatic carbocycles. The van der Waals surface area contributed by atoms with Crippen LogP contribution in [0, 0.1) is 0 Å². The Balaban J connectivity index is 1.55. The fourth-order valence-electron chi connectivity index (χ4n) is 2.51. The smallest absolute Gasteiger partial charge is 0.287 e. The van der Waals surface area contributed by atoms with Crippen molar-refractivity contribution in [3.8, 4) is 0 Å². The van der Waals surface area contributed by atoms with Gasteiger partial charge in [0.15, 0.2) is 5.76 Å². The number of carbonyl (C=O) groups is 1. The molecular formula is C16H19N3O2. The normalized spacial score (nSPS) is 15.0. The topological polar surface area (TPSA) is 58.4 Å². The quantitative estimate of drug-likeness (QED) is 0.938. The number of rotatable bonds is 4. The Bertz CT molecular complexity index is 572. The SMILES string of the molecule is O=C(NCc1ccc(N2CCCCC2)nc1)c1ccco1. The van der Waals surface area contributed by atoms with E-state index >= 15 is 0 Å². The number of anilines is 1. The number of hydrogen-bond donors (Lipinski definition) is 1. The number of amides is 1. The van der Waals surface area contributed by atoms with Crippen molar-refractivity contribution >= 4 is 11.7 Å². The summed E-state index contributed by atoms with van der Waals surface area (Å²) in [5, 5.41) is 2.81. The van der Waals surface area contributed by atoms with E-state index in [1.807, 2.05) is 18.3 Å². The third-order valence-corrected chi connectivity index (χ3v) is 3.69. The molecule has 1 fully saturated rings. The number of hydrogen-bond acceptors (Lipinski definition) is 4. The third kappa shape index (κ3) is 3.42. The van der Waals surface area contributed by atoms with Gasteiger partial charge in [-0.15, -0.1) is 0 Å². The van der Waals surface area contributed by atoms with Crippen LogP contribution in [0.2, 0.25) is 0 Å². The highest BCUT2D eigenvalue weighted by Gasteiger charge is 2.12. The number of nitrogens with one attached hydrogen (secondary N) is 1. The van der Waals surface area contributed by atoms with Gasteiger partial charge in [-0.2, -0.15) is 0 Å². The predicted octanol–water partition coefficient (Wildman–Crippen LogP) is 2.59. The monoisotopic (exact) mass is 285 g/mol. The molecule has 0 atom stereocenters. The van der Waals surface area contributed by atoms with Crippen LogP contribution >= 0.6 is 0 Å². The van der Waals surface area contributed by atoms with Crippen LogP contribution in [-0.4, -0.2) is 24.0 Å². The van der Waals surface area contributed by atoms with E-state index in [0.717, 1.165) is 24.5 Å². The van der Waals surface area contributed by atoms with E-state index in [2.05, 4.69) is 15.2 Å². The first-order valence-corrected chi connectivity index (χ1v) is 7.34. The molecule has 2 aromatic heterocycles. The molecule has 0 spiro atoms. The molecule has 0 saturated carbocycles. The number of aromatic nitrogens is 1. The number of furan rings is 1. The highest BCUT2D eigenvalue weighted by molar-refractivity contribution is 5.91. The number of nitrogens with zero attached hydrogens (tertiary/aromatic N) is 2. The summed E-state index contributed by atoms with van der Waals surface area (Å²) in [5.74, 6) is 1.14. The average Bonchev–Trinajstić information content (AvgIpc) is 3.08. The zero-order valence-corrected chi connectivity index (χ0v) is 11.9. The molecule has 5 nitrogen and oxygen atoms in total. The van der Waals surface area contributed by atoms with Gasteiger partial charge in [0.1, 0.15) is 5.82 Å². The lowest BCUT2D eigenvalue weighted by Gasteiger charge is -2.27. The van der Waals surface area contributed by atoms with E-state index in [4.69, 9.17) is 4.42 Å². The third-order valence-electron chi connectivity index (χ3n) is 3.69. The molecule has 1 amide bonds. The Kier molecular flexibility index (Phi) is 4.19. The second-order valence-corrected chi connectivity index (χ2v) is 5.23. The standard InChI is InChI=1S/C16H19N3O2/c20-16(14-5-4-10-21-14)18-12-13-6-7-15(17-11-13)19-8-2-1-3-9-19/h4-7,10-11H,1-3,8-9,12H2,(H,18,20). The fourth-order valence-corrected chi connectivity index (χ4v) is 2.51. The maximum absolute atomic E-state index is 11.8. The minimum atomic E-state index is -0.208. The van der Waals surface area contributed by atoms with Crippen LogP contribution in [-0.2, 0) is 6.54 Å². The highest BCUT2D eigenvalue weighted by Crippen LogP contribution is 2.17. The number of pyridine rings is 1. The van der Waals surface area contributed by atoms with Crippen molar-refractivity contribution in [1.29, 1.82) is 0 Å². The maximum Gasteiger partial charge on any atom is 0.287 e. The molecule has 1 saturated heterocycles.